The van der Waals surface area contributed by atoms with Gasteiger partial charge in [0.15, 0.2) is 0 Å². The van der Waals surface area contributed by atoms with E-state index in [1.165, 1.54) is 38.5 Å². The van der Waals surface area contributed by atoms with E-state index < -0.39 is 0 Å². The summed E-state index contributed by atoms with van der Waals surface area (Å²) in [5.41, 5.74) is 0. The number of carbonyl (C=O) groups excluding carboxylic acids is 2. The van der Waals surface area contributed by atoms with Crippen molar-refractivity contribution < 1.29 is 9.59 Å². The first-order valence-electron chi connectivity index (χ1n) is 7.97. The molecular weight excluding hydrogens is 238 g/mol. The summed E-state index contributed by atoms with van der Waals surface area (Å²) in [5.74, 6) is 0.153. The Balaban J connectivity index is 3.97. The van der Waals surface area contributed by atoms with Crippen LogP contribution in [0.2, 0.25) is 0 Å². The predicted molar refractivity (Wildman–Crippen MR) is 80.2 cm³/mol. The van der Waals surface area contributed by atoms with Gasteiger partial charge in [-0.05, 0) is 12.8 Å². The average molecular weight is 269 g/mol. The molecule has 19 heavy (non-hydrogen) atoms. The quantitative estimate of drug-likeness (QED) is 0.375. The molecule has 0 aliphatic heterocycles. The number of hydrogen-bond acceptors (Lipinski definition) is 2. The summed E-state index contributed by atoms with van der Waals surface area (Å²) in [5, 5.41) is 0. The van der Waals surface area contributed by atoms with Gasteiger partial charge in [0.1, 0.15) is 6.29 Å². The number of aldehydes is 1. The lowest BCUT2D eigenvalue weighted by atomic mass is 10.1. The molecule has 1 amide bonds. The maximum absolute atomic E-state index is 12.0. The molecule has 0 aromatic rings. The van der Waals surface area contributed by atoms with E-state index in [2.05, 4.69) is 13.8 Å². The Morgan fingerprint density at radius 3 is 1.84 bits per heavy atom. The van der Waals surface area contributed by atoms with Crippen molar-refractivity contribution in [2.45, 2.75) is 78.1 Å². The van der Waals surface area contributed by atoms with Gasteiger partial charge in [0.2, 0.25) is 5.91 Å². The first-order chi connectivity index (χ1) is 9.26. The SMILES string of the molecule is CCCCCCN(CCCCCC)C(=O)CCC=O. The van der Waals surface area contributed by atoms with Crippen LogP contribution in [0.3, 0.4) is 0 Å². The third-order valence-electron chi connectivity index (χ3n) is 3.39. The van der Waals surface area contributed by atoms with Crippen LogP contribution < -0.4 is 0 Å². The maximum Gasteiger partial charge on any atom is 0.222 e. The molecule has 3 nitrogen and oxygen atoms in total. The van der Waals surface area contributed by atoms with Gasteiger partial charge < -0.3 is 9.69 Å². The molecule has 0 radical (unpaired) electrons. The first-order valence-corrected chi connectivity index (χ1v) is 7.97. The highest BCUT2D eigenvalue weighted by Crippen LogP contribution is 2.07. The van der Waals surface area contributed by atoms with Gasteiger partial charge in [0.25, 0.3) is 0 Å². The lowest BCUT2D eigenvalue weighted by Crippen LogP contribution is -2.32. The lowest BCUT2D eigenvalue weighted by molar-refractivity contribution is -0.132. The molecule has 0 bridgehead atoms. The summed E-state index contributed by atoms with van der Waals surface area (Å²) in [6.07, 6.45) is 11.1. The maximum atomic E-state index is 12.0. The number of amides is 1. The molecule has 0 atom stereocenters. The van der Waals surface area contributed by atoms with Crippen LogP contribution in [0.1, 0.15) is 78.1 Å². The summed E-state index contributed by atoms with van der Waals surface area (Å²) in [6, 6.07) is 0. The molecular formula is C16H31NO2. The molecule has 0 unspecified atom stereocenters. The van der Waals surface area contributed by atoms with Gasteiger partial charge in [-0.1, -0.05) is 52.4 Å². The third-order valence-corrected chi connectivity index (χ3v) is 3.39. The van der Waals surface area contributed by atoms with Crippen molar-refractivity contribution in [3.63, 3.8) is 0 Å². The van der Waals surface area contributed by atoms with Crippen LogP contribution in [0.25, 0.3) is 0 Å². The molecule has 0 aromatic heterocycles. The van der Waals surface area contributed by atoms with E-state index in [1.807, 2.05) is 4.90 Å². The van der Waals surface area contributed by atoms with Crippen LogP contribution in [0.15, 0.2) is 0 Å². The average Bonchev–Trinajstić information content (AvgIpc) is 2.43. The van der Waals surface area contributed by atoms with E-state index in [0.29, 0.717) is 12.8 Å². The monoisotopic (exact) mass is 269 g/mol. The zero-order valence-corrected chi connectivity index (χ0v) is 12.8. The first kappa shape index (κ1) is 18.1. The fraction of sp³-hybridized carbons (Fsp3) is 0.875. The van der Waals surface area contributed by atoms with Crippen molar-refractivity contribution in [2.24, 2.45) is 0 Å². The minimum Gasteiger partial charge on any atom is -0.343 e. The van der Waals surface area contributed by atoms with E-state index in [0.717, 1.165) is 32.2 Å². The molecule has 0 spiro atoms. The smallest absolute Gasteiger partial charge is 0.222 e. The van der Waals surface area contributed by atoms with Crippen LogP contribution >= 0.6 is 0 Å². The second-order valence-corrected chi connectivity index (χ2v) is 5.21. The standard InChI is InChI=1S/C16H31NO2/c1-3-5-7-9-13-17(14-10-8-6-4-2)16(19)12-11-15-18/h15H,3-14H2,1-2H3. The highest BCUT2D eigenvalue weighted by atomic mass is 16.2. The zero-order chi connectivity index (χ0) is 14.3. The Morgan fingerprint density at radius 2 is 1.42 bits per heavy atom. The predicted octanol–water partition coefficient (Wildman–Crippen LogP) is 3.95. The van der Waals surface area contributed by atoms with Crippen molar-refractivity contribution >= 4 is 12.2 Å². The molecule has 0 saturated heterocycles. The topological polar surface area (TPSA) is 37.4 Å². The fourth-order valence-corrected chi connectivity index (χ4v) is 2.16. The highest BCUT2D eigenvalue weighted by Gasteiger charge is 2.12. The molecule has 112 valence electrons. The van der Waals surface area contributed by atoms with Crippen molar-refractivity contribution in [2.75, 3.05) is 13.1 Å². The third kappa shape index (κ3) is 10.7. The number of nitrogens with zero attached hydrogens (tertiary/aromatic N) is 1. The fourth-order valence-electron chi connectivity index (χ4n) is 2.16. The normalized spacial score (nSPS) is 10.4. The lowest BCUT2D eigenvalue weighted by Gasteiger charge is -2.22. The summed E-state index contributed by atoms with van der Waals surface area (Å²) < 4.78 is 0. The summed E-state index contributed by atoms with van der Waals surface area (Å²) in [7, 11) is 0. The molecule has 0 rings (SSSR count). The number of rotatable bonds is 13. The Morgan fingerprint density at radius 1 is 0.895 bits per heavy atom. The Kier molecular flexibility index (Phi) is 13.0. The summed E-state index contributed by atoms with van der Waals surface area (Å²) >= 11 is 0. The van der Waals surface area contributed by atoms with Crippen LogP contribution in [0, 0.1) is 0 Å². The zero-order valence-electron chi connectivity index (χ0n) is 12.8. The molecule has 0 fully saturated rings. The van der Waals surface area contributed by atoms with Crippen molar-refractivity contribution in [1.82, 2.24) is 4.90 Å². The Bertz CT molecular complexity index is 217. The Labute approximate surface area is 118 Å². The second-order valence-electron chi connectivity index (χ2n) is 5.21. The van der Waals surface area contributed by atoms with Crippen molar-refractivity contribution in [3.8, 4) is 0 Å². The van der Waals surface area contributed by atoms with Crippen LogP contribution in [-0.4, -0.2) is 30.2 Å². The van der Waals surface area contributed by atoms with E-state index >= 15 is 0 Å². The highest BCUT2D eigenvalue weighted by molar-refractivity contribution is 5.78. The van der Waals surface area contributed by atoms with Crippen LogP contribution in [0.4, 0.5) is 0 Å². The van der Waals surface area contributed by atoms with E-state index in [4.69, 9.17) is 0 Å². The summed E-state index contributed by atoms with van der Waals surface area (Å²) in [6.45, 7) is 6.11. The molecule has 0 saturated carbocycles. The van der Waals surface area contributed by atoms with Gasteiger partial charge >= 0.3 is 0 Å². The van der Waals surface area contributed by atoms with Gasteiger partial charge in [-0.3, -0.25) is 4.79 Å². The second kappa shape index (κ2) is 13.6. The van der Waals surface area contributed by atoms with E-state index in [-0.39, 0.29) is 5.91 Å². The molecule has 0 aliphatic rings. The van der Waals surface area contributed by atoms with Gasteiger partial charge in [-0.15, -0.1) is 0 Å². The largest absolute Gasteiger partial charge is 0.343 e. The number of hydrogen-bond donors (Lipinski definition) is 0. The van der Waals surface area contributed by atoms with Crippen LogP contribution in [-0.2, 0) is 9.59 Å². The van der Waals surface area contributed by atoms with E-state index in [9.17, 15) is 9.59 Å². The minimum atomic E-state index is 0.153. The van der Waals surface area contributed by atoms with Crippen LogP contribution in [0.5, 0.6) is 0 Å². The number of unbranched alkanes of at least 4 members (excludes halogenated alkanes) is 6. The number of carbonyl (C=O) groups is 2. The molecule has 0 N–H and O–H groups in total. The Hall–Kier alpha value is -0.860. The molecule has 0 aromatic carbocycles. The molecule has 0 aliphatic carbocycles. The van der Waals surface area contributed by atoms with Crippen molar-refractivity contribution in [3.05, 3.63) is 0 Å². The van der Waals surface area contributed by atoms with Gasteiger partial charge in [-0.2, -0.15) is 0 Å². The van der Waals surface area contributed by atoms with E-state index in [1.54, 1.807) is 0 Å². The van der Waals surface area contributed by atoms with Crippen molar-refractivity contribution in [1.29, 1.82) is 0 Å². The van der Waals surface area contributed by atoms with Gasteiger partial charge in [0, 0.05) is 25.9 Å². The van der Waals surface area contributed by atoms with Gasteiger partial charge in [-0.25, -0.2) is 0 Å². The minimum absolute atomic E-state index is 0.153. The molecule has 0 heterocycles. The molecule has 3 heteroatoms. The summed E-state index contributed by atoms with van der Waals surface area (Å²) in [4.78, 5) is 24.3. The van der Waals surface area contributed by atoms with Gasteiger partial charge in [0.05, 0.1) is 0 Å².